The van der Waals surface area contributed by atoms with Gasteiger partial charge in [0.2, 0.25) is 11.8 Å². The van der Waals surface area contributed by atoms with Crippen molar-refractivity contribution in [2.75, 3.05) is 0 Å². The van der Waals surface area contributed by atoms with Crippen LogP contribution in [0.2, 0.25) is 0 Å². The predicted octanol–water partition coefficient (Wildman–Crippen LogP) is 1.81. The summed E-state index contributed by atoms with van der Waals surface area (Å²) in [6.45, 7) is 0.942. The Balaban J connectivity index is 2.11. The van der Waals surface area contributed by atoms with Crippen LogP contribution in [0.15, 0.2) is 60.7 Å². The fraction of sp³-hybridized carbons (Fsp3) is 0.263. The minimum atomic E-state index is -0.732. The van der Waals surface area contributed by atoms with E-state index in [1.807, 2.05) is 60.7 Å². The number of amides is 2. The second-order valence-electron chi connectivity index (χ2n) is 5.78. The number of rotatable bonds is 8. The van der Waals surface area contributed by atoms with Crippen molar-refractivity contribution in [1.29, 1.82) is 0 Å². The van der Waals surface area contributed by atoms with Gasteiger partial charge in [-0.25, -0.2) is 0 Å². The van der Waals surface area contributed by atoms with Crippen LogP contribution in [0.25, 0.3) is 0 Å². The average Bonchev–Trinajstić information content (AvgIpc) is 2.60. The maximum atomic E-state index is 12.7. The van der Waals surface area contributed by atoms with Crippen molar-refractivity contribution in [2.24, 2.45) is 11.5 Å². The van der Waals surface area contributed by atoms with E-state index in [4.69, 9.17) is 11.5 Å². The SMILES string of the molecule is NC(=O)CC[C@H](N)C(=O)N(Cc1ccccc1)Cc1ccccc1. The first-order chi connectivity index (χ1) is 11.6. The summed E-state index contributed by atoms with van der Waals surface area (Å²) in [5.41, 5.74) is 13.2. The molecule has 0 bridgehead atoms. The van der Waals surface area contributed by atoms with Crippen LogP contribution in [0.4, 0.5) is 0 Å². The Morgan fingerprint density at radius 3 is 1.75 bits per heavy atom. The van der Waals surface area contributed by atoms with E-state index in [1.54, 1.807) is 4.90 Å². The highest BCUT2D eigenvalue weighted by Crippen LogP contribution is 2.12. The van der Waals surface area contributed by atoms with Crippen LogP contribution >= 0.6 is 0 Å². The molecule has 1 atom stereocenters. The van der Waals surface area contributed by atoms with Crippen LogP contribution in [-0.4, -0.2) is 22.8 Å². The van der Waals surface area contributed by atoms with E-state index in [0.717, 1.165) is 11.1 Å². The van der Waals surface area contributed by atoms with E-state index in [-0.39, 0.29) is 18.7 Å². The minimum absolute atomic E-state index is 0.109. The molecule has 24 heavy (non-hydrogen) atoms. The first-order valence-electron chi connectivity index (χ1n) is 7.97. The molecule has 0 unspecified atom stereocenters. The third kappa shape index (κ3) is 5.52. The van der Waals surface area contributed by atoms with Gasteiger partial charge in [-0.3, -0.25) is 9.59 Å². The van der Waals surface area contributed by atoms with Crippen LogP contribution in [-0.2, 0) is 22.7 Å². The Morgan fingerprint density at radius 1 is 0.875 bits per heavy atom. The zero-order valence-corrected chi connectivity index (χ0v) is 13.6. The number of benzene rings is 2. The fourth-order valence-corrected chi connectivity index (χ4v) is 2.48. The third-order valence-electron chi connectivity index (χ3n) is 3.76. The molecule has 126 valence electrons. The lowest BCUT2D eigenvalue weighted by Gasteiger charge is -2.26. The molecule has 2 aromatic carbocycles. The Morgan fingerprint density at radius 2 is 1.33 bits per heavy atom. The average molecular weight is 325 g/mol. The first-order valence-corrected chi connectivity index (χ1v) is 7.97. The highest BCUT2D eigenvalue weighted by atomic mass is 16.2. The Hall–Kier alpha value is -2.66. The molecule has 0 saturated heterocycles. The summed E-state index contributed by atoms with van der Waals surface area (Å²) in [5.74, 6) is -0.625. The monoisotopic (exact) mass is 325 g/mol. The van der Waals surface area contributed by atoms with Crippen molar-refractivity contribution >= 4 is 11.8 Å². The van der Waals surface area contributed by atoms with Gasteiger partial charge < -0.3 is 16.4 Å². The molecule has 0 aliphatic carbocycles. The van der Waals surface area contributed by atoms with Crippen molar-refractivity contribution in [3.63, 3.8) is 0 Å². The molecular weight excluding hydrogens is 302 g/mol. The third-order valence-corrected chi connectivity index (χ3v) is 3.76. The molecule has 2 rings (SSSR count). The van der Waals surface area contributed by atoms with Gasteiger partial charge in [-0.15, -0.1) is 0 Å². The van der Waals surface area contributed by atoms with Crippen LogP contribution in [0, 0.1) is 0 Å². The van der Waals surface area contributed by atoms with Crippen LogP contribution < -0.4 is 11.5 Å². The summed E-state index contributed by atoms with van der Waals surface area (Å²) in [7, 11) is 0. The maximum Gasteiger partial charge on any atom is 0.240 e. The van der Waals surface area contributed by atoms with Gasteiger partial charge in [0, 0.05) is 19.5 Å². The molecule has 0 heterocycles. The minimum Gasteiger partial charge on any atom is -0.370 e. The normalized spacial score (nSPS) is 11.7. The molecule has 0 spiro atoms. The Kier molecular flexibility index (Phi) is 6.51. The smallest absolute Gasteiger partial charge is 0.240 e. The summed E-state index contributed by atoms with van der Waals surface area (Å²) in [6.07, 6.45) is 0.367. The van der Waals surface area contributed by atoms with E-state index in [1.165, 1.54) is 0 Å². The highest BCUT2D eigenvalue weighted by molar-refractivity contribution is 5.82. The molecule has 2 aromatic rings. The summed E-state index contributed by atoms with van der Waals surface area (Å²) in [4.78, 5) is 25.4. The zero-order chi connectivity index (χ0) is 17.4. The largest absolute Gasteiger partial charge is 0.370 e. The molecule has 5 nitrogen and oxygen atoms in total. The number of carbonyl (C=O) groups excluding carboxylic acids is 2. The zero-order valence-electron chi connectivity index (χ0n) is 13.6. The van der Waals surface area contributed by atoms with E-state index in [2.05, 4.69) is 0 Å². The van der Waals surface area contributed by atoms with Gasteiger partial charge in [-0.1, -0.05) is 60.7 Å². The van der Waals surface area contributed by atoms with Gasteiger partial charge in [-0.05, 0) is 17.5 Å². The quantitative estimate of drug-likeness (QED) is 0.775. The fourth-order valence-electron chi connectivity index (χ4n) is 2.48. The van der Waals surface area contributed by atoms with Crippen molar-refractivity contribution in [3.05, 3.63) is 71.8 Å². The van der Waals surface area contributed by atoms with Gasteiger partial charge in [0.05, 0.1) is 6.04 Å². The lowest BCUT2D eigenvalue weighted by molar-refractivity contribution is -0.134. The molecule has 0 radical (unpaired) electrons. The molecule has 4 N–H and O–H groups in total. The van der Waals surface area contributed by atoms with Gasteiger partial charge in [-0.2, -0.15) is 0 Å². The predicted molar refractivity (Wildman–Crippen MR) is 93.5 cm³/mol. The standard InChI is InChI=1S/C19H23N3O2/c20-17(11-12-18(21)23)19(24)22(13-15-7-3-1-4-8-15)14-16-9-5-2-6-10-16/h1-10,17H,11-14,20H2,(H2,21,23)/t17-/m0/s1. The van der Waals surface area contributed by atoms with Gasteiger partial charge in [0.1, 0.15) is 0 Å². The summed E-state index contributed by atoms with van der Waals surface area (Å²) < 4.78 is 0. The maximum absolute atomic E-state index is 12.7. The molecule has 0 fully saturated rings. The Bertz CT molecular complexity index is 617. The topological polar surface area (TPSA) is 89.4 Å². The van der Waals surface area contributed by atoms with Crippen molar-refractivity contribution < 1.29 is 9.59 Å². The second-order valence-corrected chi connectivity index (χ2v) is 5.78. The van der Waals surface area contributed by atoms with E-state index in [9.17, 15) is 9.59 Å². The van der Waals surface area contributed by atoms with Crippen LogP contribution in [0.1, 0.15) is 24.0 Å². The molecule has 2 amide bonds. The van der Waals surface area contributed by atoms with Gasteiger partial charge >= 0.3 is 0 Å². The molecule has 0 aliphatic rings. The molecule has 0 aliphatic heterocycles. The van der Waals surface area contributed by atoms with Crippen molar-refractivity contribution in [3.8, 4) is 0 Å². The lowest BCUT2D eigenvalue weighted by atomic mass is 10.1. The molecular formula is C19H23N3O2. The van der Waals surface area contributed by atoms with Gasteiger partial charge in [0.15, 0.2) is 0 Å². The van der Waals surface area contributed by atoms with Crippen LogP contribution in [0.5, 0.6) is 0 Å². The lowest BCUT2D eigenvalue weighted by Crippen LogP contribution is -2.43. The van der Waals surface area contributed by atoms with Crippen LogP contribution in [0.3, 0.4) is 0 Å². The van der Waals surface area contributed by atoms with E-state index < -0.39 is 11.9 Å². The molecule has 5 heteroatoms. The van der Waals surface area contributed by atoms with E-state index >= 15 is 0 Å². The van der Waals surface area contributed by atoms with Crippen molar-refractivity contribution in [1.82, 2.24) is 4.90 Å². The van der Waals surface area contributed by atoms with E-state index in [0.29, 0.717) is 13.1 Å². The second kappa shape index (κ2) is 8.84. The van der Waals surface area contributed by atoms with Crippen molar-refractivity contribution in [2.45, 2.75) is 32.0 Å². The molecule has 0 aromatic heterocycles. The number of carbonyl (C=O) groups is 2. The number of primary amides is 1. The Labute approximate surface area is 142 Å². The summed E-state index contributed by atoms with van der Waals surface area (Å²) in [6, 6.07) is 18.8. The number of hydrogen-bond acceptors (Lipinski definition) is 3. The number of nitrogens with zero attached hydrogens (tertiary/aromatic N) is 1. The summed E-state index contributed by atoms with van der Waals surface area (Å²) in [5, 5.41) is 0. The summed E-state index contributed by atoms with van der Waals surface area (Å²) >= 11 is 0. The number of nitrogens with two attached hydrogens (primary N) is 2. The number of hydrogen-bond donors (Lipinski definition) is 2. The first kappa shape index (κ1) is 17.7. The molecule has 0 saturated carbocycles. The highest BCUT2D eigenvalue weighted by Gasteiger charge is 2.21. The van der Waals surface area contributed by atoms with Gasteiger partial charge in [0.25, 0.3) is 0 Å².